The number of benzene rings is 2. The second-order valence-electron chi connectivity index (χ2n) is 7.71. The number of halogens is 1. The van der Waals surface area contributed by atoms with E-state index in [0.29, 0.717) is 44.0 Å². The van der Waals surface area contributed by atoms with E-state index in [-0.39, 0.29) is 11.8 Å². The number of rotatable bonds is 6. The van der Waals surface area contributed by atoms with Crippen LogP contribution in [0.2, 0.25) is 0 Å². The molecular formula is C23H26FN5O2. The van der Waals surface area contributed by atoms with Crippen molar-refractivity contribution in [2.24, 2.45) is 0 Å². The number of amides is 2. The first-order chi connectivity index (χ1) is 15.0. The van der Waals surface area contributed by atoms with Crippen molar-refractivity contribution in [1.29, 1.82) is 0 Å². The number of nitrogens with zero attached hydrogens (tertiary/aromatic N) is 4. The highest BCUT2D eigenvalue weighted by Gasteiger charge is 2.23. The van der Waals surface area contributed by atoms with Crippen LogP contribution in [0.5, 0.6) is 0 Å². The van der Waals surface area contributed by atoms with E-state index in [9.17, 15) is 14.0 Å². The maximum absolute atomic E-state index is 14.4. The van der Waals surface area contributed by atoms with Crippen molar-refractivity contribution in [2.45, 2.75) is 19.9 Å². The first-order valence-corrected chi connectivity index (χ1v) is 10.5. The molecule has 2 heterocycles. The molecule has 8 heteroatoms. The number of hydrogen-bond donors (Lipinski definition) is 1. The average molecular weight is 423 g/mol. The Morgan fingerprint density at radius 3 is 2.61 bits per heavy atom. The van der Waals surface area contributed by atoms with E-state index in [2.05, 4.69) is 14.9 Å². The number of Topliss-reactive ketones (excluding diaryl/α,β-unsaturated/α-hetero) is 1. The normalized spacial score (nSPS) is 14.1. The van der Waals surface area contributed by atoms with Gasteiger partial charge in [0.2, 0.25) is 0 Å². The van der Waals surface area contributed by atoms with Gasteiger partial charge in [0.1, 0.15) is 5.82 Å². The number of ketones is 1. The van der Waals surface area contributed by atoms with E-state index >= 15 is 0 Å². The van der Waals surface area contributed by atoms with Crippen LogP contribution in [-0.2, 0) is 6.54 Å². The number of fused-ring (bicyclic) bond motifs is 1. The van der Waals surface area contributed by atoms with Gasteiger partial charge in [0, 0.05) is 44.8 Å². The first kappa shape index (κ1) is 20.8. The number of hydrogen-bond acceptors (Lipinski definition) is 4. The smallest absolute Gasteiger partial charge is 0.317 e. The Hall–Kier alpha value is -3.42. The summed E-state index contributed by atoms with van der Waals surface area (Å²) in [7, 11) is 0. The zero-order valence-corrected chi connectivity index (χ0v) is 17.6. The molecule has 162 valence electrons. The van der Waals surface area contributed by atoms with Crippen molar-refractivity contribution in [3.05, 3.63) is 60.2 Å². The molecule has 1 fully saturated rings. The molecule has 0 unspecified atom stereocenters. The predicted octanol–water partition coefficient (Wildman–Crippen LogP) is 3.30. The summed E-state index contributed by atoms with van der Waals surface area (Å²) in [6, 6.07) is 12.4. The molecule has 3 aromatic rings. The van der Waals surface area contributed by atoms with Crippen LogP contribution in [-0.4, -0.2) is 59.0 Å². The SMILES string of the molecule is CC(=O)c1ccc(N2CCN(C(=O)NCCCn3cnc4ccccc43)CC2)c(F)c1. The molecule has 0 bridgehead atoms. The van der Waals surface area contributed by atoms with Crippen LogP contribution in [0.4, 0.5) is 14.9 Å². The van der Waals surface area contributed by atoms with Crippen molar-refractivity contribution in [2.75, 3.05) is 37.6 Å². The van der Waals surface area contributed by atoms with E-state index in [1.165, 1.54) is 13.0 Å². The zero-order valence-electron chi connectivity index (χ0n) is 17.6. The molecule has 1 N–H and O–H groups in total. The zero-order chi connectivity index (χ0) is 21.8. The van der Waals surface area contributed by atoms with Crippen LogP contribution >= 0.6 is 0 Å². The van der Waals surface area contributed by atoms with E-state index in [1.807, 2.05) is 35.5 Å². The Labute approximate surface area is 180 Å². The van der Waals surface area contributed by atoms with Gasteiger partial charge in [-0.1, -0.05) is 12.1 Å². The van der Waals surface area contributed by atoms with Crippen LogP contribution < -0.4 is 10.2 Å². The van der Waals surface area contributed by atoms with Gasteiger partial charge in [0.25, 0.3) is 0 Å². The fourth-order valence-corrected chi connectivity index (χ4v) is 3.88. The fourth-order valence-electron chi connectivity index (χ4n) is 3.88. The van der Waals surface area contributed by atoms with Gasteiger partial charge in [0.15, 0.2) is 5.78 Å². The molecule has 0 aliphatic carbocycles. The third-order valence-electron chi connectivity index (χ3n) is 5.64. The van der Waals surface area contributed by atoms with Crippen molar-refractivity contribution < 1.29 is 14.0 Å². The average Bonchev–Trinajstić information content (AvgIpc) is 3.20. The summed E-state index contributed by atoms with van der Waals surface area (Å²) in [6.45, 7) is 4.91. The molecule has 1 aliphatic heterocycles. The lowest BCUT2D eigenvalue weighted by molar-refractivity contribution is 0.101. The molecule has 0 spiro atoms. The molecule has 1 aliphatic rings. The minimum atomic E-state index is -0.405. The second kappa shape index (κ2) is 9.16. The van der Waals surface area contributed by atoms with E-state index < -0.39 is 5.82 Å². The molecule has 4 rings (SSSR count). The third-order valence-corrected chi connectivity index (χ3v) is 5.64. The molecule has 2 amide bonds. The fraction of sp³-hybridized carbons (Fsp3) is 0.348. The van der Waals surface area contributed by atoms with Crippen LogP contribution in [0, 0.1) is 5.82 Å². The number of aromatic nitrogens is 2. The van der Waals surface area contributed by atoms with Gasteiger partial charge in [0.05, 0.1) is 23.0 Å². The third kappa shape index (κ3) is 4.68. The van der Waals surface area contributed by atoms with Crippen LogP contribution in [0.15, 0.2) is 48.8 Å². The topological polar surface area (TPSA) is 70.5 Å². The number of piperazine rings is 1. The maximum Gasteiger partial charge on any atom is 0.317 e. The van der Waals surface area contributed by atoms with Gasteiger partial charge in [-0.2, -0.15) is 0 Å². The lowest BCUT2D eigenvalue weighted by Gasteiger charge is -2.36. The Morgan fingerprint density at radius 1 is 1.10 bits per heavy atom. The highest BCUT2D eigenvalue weighted by molar-refractivity contribution is 5.94. The van der Waals surface area contributed by atoms with Crippen LogP contribution in [0.25, 0.3) is 11.0 Å². The highest BCUT2D eigenvalue weighted by atomic mass is 19.1. The molecular weight excluding hydrogens is 397 g/mol. The summed E-state index contributed by atoms with van der Waals surface area (Å²) in [4.78, 5) is 31.9. The van der Waals surface area contributed by atoms with Gasteiger partial charge in [-0.05, 0) is 43.7 Å². The number of anilines is 1. The number of aryl methyl sites for hydroxylation is 1. The summed E-state index contributed by atoms with van der Waals surface area (Å²) in [5.41, 5.74) is 2.89. The van der Waals surface area contributed by atoms with Crippen molar-refractivity contribution >= 4 is 28.5 Å². The molecule has 2 aromatic carbocycles. The number of para-hydroxylation sites is 2. The monoisotopic (exact) mass is 423 g/mol. The number of imidazole rings is 1. The first-order valence-electron chi connectivity index (χ1n) is 10.5. The van der Waals surface area contributed by atoms with Gasteiger partial charge in [-0.25, -0.2) is 14.2 Å². The summed E-state index contributed by atoms with van der Waals surface area (Å²) >= 11 is 0. The van der Waals surface area contributed by atoms with Crippen LogP contribution in [0.1, 0.15) is 23.7 Å². The highest BCUT2D eigenvalue weighted by Crippen LogP contribution is 2.22. The Kier molecular flexibility index (Phi) is 6.16. The van der Waals surface area contributed by atoms with E-state index in [0.717, 1.165) is 24.0 Å². The van der Waals surface area contributed by atoms with Gasteiger partial charge in [-0.3, -0.25) is 4.79 Å². The molecule has 0 radical (unpaired) electrons. The van der Waals surface area contributed by atoms with E-state index in [1.54, 1.807) is 17.0 Å². The molecule has 0 saturated carbocycles. The van der Waals surface area contributed by atoms with Gasteiger partial charge < -0.3 is 19.7 Å². The Morgan fingerprint density at radius 2 is 1.87 bits per heavy atom. The summed E-state index contributed by atoms with van der Waals surface area (Å²) < 4.78 is 16.5. The number of urea groups is 1. The molecule has 31 heavy (non-hydrogen) atoms. The minimum Gasteiger partial charge on any atom is -0.366 e. The second-order valence-corrected chi connectivity index (χ2v) is 7.71. The van der Waals surface area contributed by atoms with Crippen molar-refractivity contribution in [1.82, 2.24) is 19.8 Å². The van der Waals surface area contributed by atoms with Crippen molar-refractivity contribution in [3.8, 4) is 0 Å². The number of nitrogens with one attached hydrogen (secondary N) is 1. The summed E-state index contributed by atoms with van der Waals surface area (Å²) in [5, 5.41) is 2.97. The lowest BCUT2D eigenvalue weighted by atomic mass is 10.1. The molecule has 1 aromatic heterocycles. The number of carbonyl (C=O) groups excluding carboxylic acids is 2. The largest absolute Gasteiger partial charge is 0.366 e. The maximum atomic E-state index is 14.4. The summed E-state index contributed by atoms with van der Waals surface area (Å²) in [5.74, 6) is -0.564. The van der Waals surface area contributed by atoms with Crippen LogP contribution in [0.3, 0.4) is 0 Å². The van der Waals surface area contributed by atoms with E-state index in [4.69, 9.17) is 0 Å². The minimum absolute atomic E-state index is 0.0949. The van der Waals surface area contributed by atoms with Gasteiger partial charge >= 0.3 is 6.03 Å². The molecule has 0 atom stereocenters. The van der Waals surface area contributed by atoms with Crippen molar-refractivity contribution in [3.63, 3.8) is 0 Å². The molecule has 1 saturated heterocycles. The quantitative estimate of drug-likeness (QED) is 0.488. The number of carbonyl (C=O) groups is 2. The predicted molar refractivity (Wildman–Crippen MR) is 118 cm³/mol. The standard InChI is InChI=1S/C23H26FN5O2/c1-17(30)18-7-8-21(19(24)15-18)27-11-13-28(14-12-27)23(31)25-9-4-10-29-16-26-20-5-2-3-6-22(20)29/h2-3,5-8,15-16H,4,9-14H2,1H3,(H,25,31). The molecule has 7 nitrogen and oxygen atoms in total. The summed E-state index contributed by atoms with van der Waals surface area (Å²) in [6.07, 6.45) is 2.63. The lowest BCUT2D eigenvalue weighted by Crippen LogP contribution is -2.52. The van der Waals surface area contributed by atoms with Gasteiger partial charge in [-0.15, -0.1) is 0 Å². The Bertz CT molecular complexity index is 1090. The Balaban J connectivity index is 1.23.